The third-order valence-electron chi connectivity index (χ3n) is 8.30. The van der Waals surface area contributed by atoms with E-state index in [0.717, 1.165) is 16.7 Å². The first kappa shape index (κ1) is 28.8. The Hall–Kier alpha value is -4.67. The molecule has 5 rings (SSSR count). The summed E-state index contributed by atoms with van der Waals surface area (Å²) in [6.45, 7) is 4.53. The molecule has 1 saturated heterocycles. The lowest BCUT2D eigenvalue weighted by molar-refractivity contribution is -0.130. The summed E-state index contributed by atoms with van der Waals surface area (Å²) in [5.74, 6) is -0.763. The molecule has 2 aromatic carbocycles. The van der Waals surface area contributed by atoms with Crippen LogP contribution in [0.15, 0.2) is 60.8 Å². The Morgan fingerprint density at radius 3 is 2.45 bits per heavy atom. The van der Waals surface area contributed by atoms with E-state index >= 15 is 0 Å². The van der Waals surface area contributed by atoms with Crippen molar-refractivity contribution in [2.45, 2.75) is 50.7 Å². The van der Waals surface area contributed by atoms with E-state index in [1.807, 2.05) is 56.3 Å². The normalized spacial score (nSPS) is 20.2. The van der Waals surface area contributed by atoms with Gasteiger partial charge < -0.3 is 26.2 Å². The number of rotatable bonds is 9. The number of benzene rings is 2. The van der Waals surface area contributed by atoms with Crippen LogP contribution in [0.25, 0.3) is 0 Å². The molecular weight excluding hydrogens is 534 g/mol. The number of nitrogens with one attached hydrogen (secondary N) is 4. The lowest BCUT2D eigenvalue weighted by atomic mass is 9.91. The summed E-state index contributed by atoms with van der Waals surface area (Å²) in [4.78, 5) is 54.6. The number of aromatic nitrogens is 2. The van der Waals surface area contributed by atoms with Gasteiger partial charge in [0.1, 0.15) is 17.3 Å². The predicted molar refractivity (Wildman–Crippen MR) is 158 cm³/mol. The fourth-order valence-corrected chi connectivity index (χ4v) is 5.87. The topological polar surface area (TPSA) is 137 Å². The van der Waals surface area contributed by atoms with Crippen LogP contribution in [-0.4, -0.2) is 69.6 Å². The maximum atomic E-state index is 13.6. The van der Waals surface area contributed by atoms with Gasteiger partial charge >= 0.3 is 6.03 Å². The van der Waals surface area contributed by atoms with Gasteiger partial charge in [-0.1, -0.05) is 50.2 Å². The Balaban J connectivity index is 1.36. The van der Waals surface area contributed by atoms with Crippen LogP contribution < -0.4 is 21.3 Å². The maximum Gasteiger partial charge on any atom is 0.318 e. The molecule has 1 aromatic heterocycles. The molecule has 0 radical (unpaired) electrons. The summed E-state index contributed by atoms with van der Waals surface area (Å²) in [6, 6.07) is 15.5. The number of hydrogen-bond donors (Lipinski definition) is 4. The van der Waals surface area contributed by atoms with E-state index < -0.39 is 17.5 Å². The number of urea groups is 1. The molecule has 4 N–H and O–H groups in total. The molecule has 11 nitrogen and oxygen atoms in total. The molecule has 0 spiro atoms. The van der Waals surface area contributed by atoms with Gasteiger partial charge in [-0.05, 0) is 40.8 Å². The van der Waals surface area contributed by atoms with Crippen molar-refractivity contribution < 1.29 is 19.2 Å². The van der Waals surface area contributed by atoms with Gasteiger partial charge in [0.05, 0.1) is 6.04 Å². The molecule has 3 atom stereocenters. The predicted octanol–water partition coefficient (Wildman–Crippen LogP) is 2.03. The number of fused-ring (bicyclic) bond motifs is 1. The van der Waals surface area contributed by atoms with Crippen LogP contribution in [0.3, 0.4) is 0 Å². The number of amides is 5. The largest absolute Gasteiger partial charge is 0.357 e. The van der Waals surface area contributed by atoms with Crippen molar-refractivity contribution in [2.75, 3.05) is 18.9 Å². The highest BCUT2D eigenvalue weighted by molar-refractivity contribution is 6.01. The fourth-order valence-electron chi connectivity index (χ4n) is 5.87. The van der Waals surface area contributed by atoms with Gasteiger partial charge in [-0.25, -0.2) is 4.79 Å². The number of likely N-dealkylation sites (N-methyl/N-ethyl adjacent to an activating group) is 1. The molecule has 0 saturated carbocycles. The Labute approximate surface area is 245 Å². The monoisotopic (exact) mass is 571 g/mol. The van der Waals surface area contributed by atoms with Crippen molar-refractivity contribution in [3.8, 4) is 0 Å². The number of nitrogens with zero attached hydrogens (tertiary/aromatic N) is 3. The zero-order valence-electron chi connectivity index (χ0n) is 24.3. The Kier molecular flexibility index (Phi) is 8.02. The van der Waals surface area contributed by atoms with E-state index in [9.17, 15) is 19.2 Å². The van der Waals surface area contributed by atoms with Crippen molar-refractivity contribution in [3.63, 3.8) is 0 Å². The SMILES string of the molecule is CNC(=O)C1(N2C[C@@H](C(C)C)NC2=O)Cc2ccc(NC(=O)[C@H](Cc3ccccc3)NC(=O)c3ccnn3C)cc2C1. The summed E-state index contributed by atoms with van der Waals surface area (Å²) >= 11 is 0. The highest BCUT2D eigenvalue weighted by Crippen LogP contribution is 2.38. The van der Waals surface area contributed by atoms with Crippen molar-refractivity contribution in [1.82, 2.24) is 30.6 Å². The van der Waals surface area contributed by atoms with Crippen molar-refractivity contribution in [1.29, 1.82) is 0 Å². The number of hydrogen-bond acceptors (Lipinski definition) is 5. The van der Waals surface area contributed by atoms with Gasteiger partial charge in [0.25, 0.3) is 5.91 Å². The minimum Gasteiger partial charge on any atom is -0.357 e. The average Bonchev–Trinajstić information content (AvgIpc) is 3.69. The van der Waals surface area contributed by atoms with Gasteiger partial charge in [-0.2, -0.15) is 5.10 Å². The van der Waals surface area contributed by atoms with Crippen molar-refractivity contribution in [2.24, 2.45) is 13.0 Å². The zero-order valence-corrected chi connectivity index (χ0v) is 24.3. The number of carbonyl (C=O) groups is 4. The standard InChI is InChI=1S/C31H37N7O4/c1-19(2)25-18-38(30(42)36-25)31(29(41)32-3)16-21-10-11-23(15-22(21)17-31)34-27(39)24(14-20-8-6-5-7-9-20)35-28(40)26-12-13-33-37(26)4/h5-13,15,19,24-25H,14,16-18H2,1-4H3,(H,32,41)(H,34,39)(H,35,40)(H,36,42)/t24-,25-,31?/m0/s1. The summed E-state index contributed by atoms with van der Waals surface area (Å²) in [6.07, 6.45) is 2.53. The molecule has 3 aromatic rings. The number of carbonyl (C=O) groups excluding carboxylic acids is 4. The van der Waals surface area contributed by atoms with Crippen LogP contribution >= 0.6 is 0 Å². The summed E-state index contributed by atoms with van der Waals surface area (Å²) in [7, 11) is 3.25. The molecule has 5 amide bonds. The smallest absolute Gasteiger partial charge is 0.318 e. The molecular formula is C31H37N7O4. The average molecular weight is 572 g/mol. The lowest BCUT2D eigenvalue weighted by Crippen LogP contribution is -2.60. The Morgan fingerprint density at radius 2 is 1.81 bits per heavy atom. The second-order valence-electron chi connectivity index (χ2n) is 11.4. The molecule has 2 heterocycles. The second-order valence-corrected chi connectivity index (χ2v) is 11.4. The first-order chi connectivity index (χ1) is 20.1. The molecule has 11 heteroatoms. The minimum absolute atomic E-state index is 0.0410. The lowest BCUT2D eigenvalue weighted by Gasteiger charge is -2.36. The molecule has 42 heavy (non-hydrogen) atoms. The Bertz CT molecular complexity index is 1500. The van der Waals surface area contributed by atoms with Crippen LogP contribution in [0.1, 0.15) is 41.0 Å². The summed E-state index contributed by atoms with van der Waals surface area (Å²) in [5.41, 5.74) is 2.56. The van der Waals surface area contributed by atoms with Crippen LogP contribution in [0.4, 0.5) is 10.5 Å². The van der Waals surface area contributed by atoms with Crippen LogP contribution in [0.2, 0.25) is 0 Å². The fraction of sp³-hybridized carbons (Fsp3) is 0.387. The molecule has 1 aliphatic carbocycles. The Morgan fingerprint density at radius 1 is 1.07 bits per heavy atom. The van der Waals surface area contributed by atoms with E-state index in [-0.39, 0.29) is 29.8 Å². The summed E-state index contributed by atoms with van der Waals surface area (Å²) < 4.78 is 1.45. The molecule has 1 aliphatic heterocycles. The van der Waals surface area contributed by atoms with Gasteiger partial charge in [-0.15, -0.1) is 0 Å². The number of aryl methyl sites for hydroxylation is 1. The van der Waals surface area contributed by atoms with Crippen LogP contribution in [0, 0.1) is 5.92 Å². The van der Waals surface area contributed by atoms with Gasteiger partial charge in [0, 0.05) is 51.8 Å². The summed E-state index contributed by atoms with van der Waals surface area (Å²) in [5, 5.41) is 15.6. The van der Waals surface area contributed by atoms with E-state index in [0.29, 0.717) is 37.2 Å². The maximum absolute atomic E-state index is 13.6. The minimum atomic E-state index is -1.06. The van der Waals surface area contributed by atoms with Crippen LogP contribution in [0.5, 0.6) is 0 Å². The quantitative estimate of drug-likeness (QED) is 0.312. The van der Waals surface area contributed by atoms with Crippen LogP contribution in [-0.2, 0) is 35.9 Å². The molecule has 220 valence electrons. The van der Waals surface area contributed by atoms with Gasteiger partial charge in [-0.3, -0.25) is 19.1 Å². The zero-order chi connectivity index (χ0) is 30.0. The molecule has 1 unspecified atom stereocenters. The van der Waals surface area contributed by atoms with Gasteiger partial charge in [0.15, 0.2) is 0 Å². The van der Waals surface area contributed by atoms with Crippen molar-refractivity contribution in [3.05, 3.63) is 83.2 Å². The van der Waals surface area contributed by atoms with E-state index in [4.69, 9.17) is 0 Å². The number of anilines is 1. The highest BCUT2D eigenvalue weighted by Gasteiger charge is 2.53. The van der Waals surface area contributed by atoms with E-state index in [1.165, 1.54) is 10.9 Å². The first-order valence-corrected chi connectivity index (χ1v) is 14.2. The molecule has 2 aliphatic rings. The van der Waals surface area contributed by atoms with Gasteiger partial charge in [0.2, 0.25) is 11.8 Å². The first-order valence-electron chi connectivity index (χ1n) is 14.2. The molecule has 1 fully saturated rings. The third-order valence-corrected chi connectivity index (χ3v) is 8.30. The second kappa shape index (κ2) is 11.7. The van der Waals surface area contributed by atoms with E-state index in [1.54, 1.807) is 31.1 Å². The third kappa shape index (κ3) is 5.59. The van der Waals surface area contributed by atoms with E-state index in [2.05, 4.69) is 26.4 Å². The highest BCUT2D eigenvalue weighted by atomic mass is 16.2. The molecule has 0 bridgehead atoms. The van der Waals surface area contributed by atoms with Crippen molar-refractivity contribution >= 4 is 29.4 Å².